The number of carbonyl (C=O) groups is 1. The van der Waals surface area contributed by atoms with E-state index in [0.717, 1.165) is 6.54 Å². The summed E-state index contributed by atoms with van der Waals surface area (Å²) in [5, 5.41) is 6.52. The van der Waals surface area contributed by atoms with Gasteiger partial charge in [0.1, 0.15) is 0 Å². The van der Waals surface area contributed by atoms with Gasteiger partial charge in [-0.3, -0.25) is 4.79 Å². The van der Waals surface area contributed by atoms with Crippen molar-refractivity contribution in [3.05, 3.63) is 0 Å². The Labute approximate surface area is 92.0 Å². The van der Waals surface area contributed by atoms with Gasteiger partial charge in [-0.05, 0) is 32.6 Å². The lowest BCUT2D eigenvalue weighted by atomic mass is 9.82. The first kappa shape index (κ1) is 10.9. The number of nitrogens with one attached hydrogen (secondary N) is 2. The van der Waals surface area contributed by atoms with Crippen LogP contribution in [0.5, 0.6) is 0 Å². The van der Waals surface area contributed by atoms with Crippen LogP contribution >= 0.6 is 0 Å². The maximum atomic E-state index is 11.9. The second-order valence-electron chi connectivity index (χ2n) is 5.63. The highest BCUT2D eigenvalue weighted by atomic mass is 16.2. The fourth-order valence-electron chi connectivity index (χ4n) is 2.76. The molecule has 1 saturated carbocycles. The number of piperazine rings is 1. The van der Waals surface area contributed by atoms with Crippen molar-refractivity contribution in [1.29, 1.82) is 0 Å². The van der Waals surface area contributed by atoms with Crippen molar-refractivity contribution < 1.29 is 4.79 Å². The van der Waals surface area contributed by atoms with E-state index in [9.17, 15) is 4.79 Å². The molecule has 1 heterocycles. The van der Waals surface area contributed by atoms with E-state index in [1.54, 1.807) is 0 Å². The molecule has 0 radical (unpaired) electrons. The van der Waals surface area contributed by atoms with Crippen LogP contribution in [0.15, 0.2) is 0 Å². The van der Waals surface area contributed by atoms with Crippen molar-refractivity contribution in [3.8, 4) is 0 Å². The molecular weight excluding hydrogens is 188 g/mol. The Kier molecular flexibility index (Phi) is 3.01. The summed E-state index contributed by atoms with van der Waals surface area (Å²) in [5.41, 5.74) is -0.0811. The standard InChI is InChI=1S/C12H22N2O/c1-12(2)8-13-10(11(15)14-12)9-6-4-3-5-7-9/h9-10,13H,3-8H2,1-2H3,(H,14,15). The molecule has 1 saturated heterocycles. The summed E-state index contributed by atoms with van der Waals surface area (Å²) in [5.74, 6) is 0.771. The van der Waals surface area contributed by atoms with Gasteiger partial charge < -0.3 is 10.6 Å². The highest BCUT2D eigenvalue weighted by Gasteiger charge is 2.36. The SMILES string of the molecule is CC1(C)CNC(C2CCCCC2)C(=O)N1. The van der Waals surface area contributed by atoms with Crippen molar-refractivity contribution in [2.24, 2.45) is 5.92 Å². The Morgan fingerprint density at radius 2 is 1.87 bits per heavy atom. The largest absolute Gasteiger partial charge is 0.349 e. The second-order valence-corrected chi connectivity index (χ2v) is 5.63. The quantitative estimate of drug-likeness (QED) is 0.687. The van der Waals surface area contributed by atoms with Gasteiger partial charge in [0.2, 0.25) is 5.91 Å². The zero-order chi connectivity index (χ0) is 10.9. The summed E-state index contributed by atoms with van der Waals surface area (Å²) in [4.78, 5) is 11.9. The Hall–Kier alpha value is -0.570. The van der Waals surface area contributed by atoms with E-state index >= 15 is 0 Å². The number of amides is 1. The first-order chi connectivity index (χ1) is 7.08. The van der Waals surface area contributed by atoms with Crippen LogP contribution < -0.4 is 10.6 Å². The Morgan fingerprint density at radius 3 is 2.47 bits per heavy atom. The van der Waals surface area contributed by atoms with Gasteiger partial charge in [0.15, 0.2) is 0 Å². The highest BCUT2D eigenvalue weighted by molar-refractivity contribution is 5.83. The lowest BCUT2D eigenvalue weighted by Gasteiger charge is -2.40. The van der Waals surface area contributed by atoms with Crippen LogP contribution in [0, 0.1) is 5.92 Å². The van der Waals surface area contributed by atoms with Crippen LogP contribution in [-0.4, -0.2) is 24.0 Å². The molecule has 1 aliphatic carbocycles. The number of hydrogen-bond acceptors (Lipinski definition) is 2. The van der Waals surface area contributed by atoms with Crippen LogP contribution in [0.2, 0.25) is 0 Å². The van der Waals surface area contributed by atoms with Crippen LogP contribution in [0.3, 0.4) is 0 Å². The van der Waals surface area contributed by atoms with Crippen molar-refractivity contribution in [2.75, 3.05) is 6.54 Å². The molecule has 15 heavy (non-hydrogen) atoms. The molecule has 0 aromatic heterocycles. The number of carbonyl (C=O) groups excluding carboxylic acids is 1. The molecule has 2 fully saturated rings. The predicted octanol–water partition coefficient (Wildman–Crippen LogP) is 1.43. The third kappa shape index (κ3) is 2.51. The summed E-state index contributed by atoms with van der Waals surface area (Å²) < 4.78 is 0. The monoisotopic (exact) mass is 210 g/mol. The zero-order valence-electron chi connectivity index (χ0n) is 9.81. The van der Waals surface area contributed by atoms with Gasteiger partial charge in [-0.25, -0.2) is 0 Å². The van der Waals surface area contributed by atoms with Crippen LogP contribution in [0.1, 0.15) is 46.0 Å². The molecule has 86 valence electrons. The van der Waals surface area contributed by atoms with E-state index in [0.29, 0.717) is 5.92 Å². The Balaban J connectivity index is 1.96. The van der Waals surface area contributed by atoms with Crippen LogP contribution in [0.4, 0.5) is 0 Å². The predicted molar refractivity (Wildman–Crippen MR) is 60.6 cm³/mol. The summed E-state index contributed by atoms with van der Waals surface area (Å²) in [6.45, 7) is 5.02. The second kappa shape index (κ2) is 4.12. The molecule has 1 aliphatic heterocycles. The van der Waals surface area contributed by atoms with Crippen molar-refractivity contribution in [1.82, 2.24) is 10.6 Å². The zero-order valence-corrected chi connectivity index (χ0v) is 9.81. The molecule has 0 bridgehead atoms. The van der Waals surface area contributed by atoms with E-state index in [2.05, 4.69) is 24.5 Å². The minimum absolute atomic E-state index is 0.0679. The highest BCUT2D eigenvalue weighted by Crippen LogP contribution is 2.28. The molecular formula is C12H22N2O. The molecule has 1 unspecified atom stereocenters. The van der Waals surface area contributed by atoms with Gasteiger partial charge in [-0.2, -0.15) is 0 Å². The van der Waals surface area contributed by atoms with Crippen molar-refractivity contribution in [2.45, 2.75) is 57.5 Å². The minimum Gasteiger partial charge on any atom is -0.349 e. The summed E-state index contributed by atoms with van der Waals surface area (Å²) in [6.07, 6.45) is 6.35. The fourth-order valence-corrected chi connectivity index (χ4v) is 2.76. The van der Waals surface area contributed by atoms with E-state index < -0.39 is 0 Å². The lowest BCUT2D eigenvalue weighted by Crippen LogP contribution is -2.65. The normalized spacial score (nSPS) is 32.4. The molecule has 1 amide bonds. The number of hydrogen-bond donors (Lipinski definition) is 2. The molecule has 0 spiro atoms. The Morgan fingerprint density at radius 1 is 1.20 bits per heavy atom. The molecule has 3 nitrogen and oxygen atoms in total. The van der Waals surface area contributed by atoms with E-state index in [1.807, 2.05) is 0 Å². The number of rotatable bonds is 1. The first-order valence-electron chi connectivity index (χ1n) is 6.14. The smallest absolute Gasteiger partial charge is 0.237 e. The van der Waals surface area contributed by atoms with Gasteiger partial charge in [0, 0.05) is 12.1 Å². The van der Waals surface area contributed by atoms with E-state index in [1.165, 1.54) is 32.1 Å². The molecule has 2 N–H and O–H groups in total. The minimum atomic E-state index is -0.0811. The molecule has 0 aromatic carbocycles. The third-order valence-corrected chi connectivity index (χ3v) is 3.63. The molecule has 2 aliphatic rings. The average molecular weight is 210 g/mol. The maximum absolute atomic E-state index is 11.9. The van der Waals surface area contributed by atoms with Crippen molar-refractivity contribution in [3.63, 3.8) is 0 Å². The molecule has 2 rings (SSSR count). The summed E-state index contributed by atoms with van der Waals surface area (Å²) >= 11 is 0. The van der Waals surface area contributed by atoms with Gasteiger partial charge in [-0.15, -0.1) is 0 Å². The van der Waals surface area contributed by atoms with Crippen LogP contribution in [-0.2, 0) is 4.79 Å². The van der Waals surface area contributed by atoms with E-state index in [-0.39, 0.29) is 17.5 Å². The molecule has 0 aromatic rings. The molecule has 1 atom stereocenters. The Bertz CT molecular complexity index is 244. The topological polar surface area (TPSA) is 41.1 Å². The first-order valence-corrected chi connectivity index (χ1v) is 6.14. The average Bonchev–Trinajstić information content (AvgIpc) is 2.17. The summed E-state index contributed by atoms with van der Waals surface area (Å²) in [7, 11) is 0. The van der Waals surface area contributed by atoms with Gasteiger partial charge >= 0.3 is 0 Å². The lowest BCUT2D eigenvalue weighted by molar-refractivity contribution is -0.128. The van der Waals surface area contributed by atoms with Crippen LogP contribution in [0.25, 0.3) is 0 Å². The van der Waals surface area contributed by atoms with E-state index in [4.69, 9.17) is 0 Å². The third-order valence-electron chi connectivity index (χ3n) is 3.63. The fraction of sp³-hybridized carbons (Fsp3) is 0.917. The van der Waals surface area contributed by atoms with Gasteiger partial charge in [0.05, 0.1) is 6.04 Å². The maximum Gasteiger partial charge on any atom is 0.237 e. The van der Waals surface area contributed by atoms with Crippen molar-refractivity contribution >= 4 is 5.91 Å². The molecule has 3 heteroatoms. The summed E-state index contributed by atoms with van der Waals surface area (Å²) in [6, 6.07) is 0.0679. The van der Waals surface area contributed by atoms with Gasteiger partial charge in [-0.1, -0.05) is 19.3 Å². The van der Waals surface area contributed by atoms with Gasteiger partial charge in [0.25, 0.3) is 0 Å².